The Balaban J connectivity index is 1.48. The van der Waals surface area contributed by atoms with Crippen molar-refractivity contribution in [1.82, 2.24) is 10.2 Å². The van der Waals surface area contributed by atoms with E-state index in [9.17, 15) is 0 Å². The first kappa shape index (κ1) is 15.1. The fraction of sp³-hybridized carbons (Fsp3) is 0.684. The molecule has 2 fully saturated rings. The molecule has 1 aromatic carbocycles. The number of rotatable bonds is 9. The van der Waals surface area contributed by atoms with Crippen LogP contribution in [-0.2, 0) is 13.1 Å². The lowest BCUT2D eigenvalue weighted by Crippen LogP contribution is -2.27. The van der Waals surface area contributed by atoms with Gasteiger partial charge in [-0.1, -0.05) is 38.1 Å². The van der Waals surface area contributed by atoms with E-state index in [1.807, 2.05) is 0 Å². The summed E-state index contributed by atoms with van der Waals surface area (Å²) in [5, 5.41) is 3.51. The highest BCUT2D eigenvalue weighted by Gasteiger charge is 2.33. The lowest BCUT2D eigenvalue weighted by atomic mass is 10.1. The smallest absolute Gasteiger partial charge is 0.0236 e. The second kappa shape index (κ2) is 6.93. The van der Waals surface area contributed by atoms with Crippen LogP contribution in [0.1, 0.15) is 50.7 Å². The van der Waals surface area contributed by atoms with Crippen LogP contribution < -0.4 is 5.32 Å². The fourth-order valence-electron chi connectivity index (χ4n) is 2.92. The van der Waals surface area contributed by atoms with Gasteiger partial charge in [-0.25, -0.2) is 0 Å². The minimum atomic E-state index is 0.721. The predicted octanol–water partition coefficient (Wildman–Crippen LogP) is 3.81. The third-order valence-corrected chi connectivity index (χ3v) is 4.54. The monoisotopic (exact) mass is 286 g/mol. The third kappa shape index (κ3) is 5.12. The van der Waals surface area contributed by atoms with Gasteiger partial charge in [0, 0.05) is 25.7 Å². The van der Waals surface area contributed by atoms with Gasteiger partial charge in [-0.05, 0) is 55.2 Å². The zero-order valence-electron chi connectivity index (χ0n) is 13.6. The van der Waals surface area contributed by atoms with Crippen molar-refractivity contribution in [1.29, 1.82) is 0 Å². The van der Waals surface area contributed by atoms with E-state index >= 15 is 0 Å². The first-order chi connectivity index (χ1) is 10.2. The fourth-order valence-corrected chi connectivity index (χ4v) is 2.92. The first-order valence-electron chi connectivity index (χ1n) is 8.73. The number of hydrogen-bond acceptors (Lipinski definition) is 2. The van der Waals surface area contributed by atoms with E-state index in [-0.39, 0.29) is 0 Å². The van der Waals surface area contributed by atoms with Crippen molar-refractivity contribution < 1.29 is 0 Å². The first-order valence-corrected chi connectivity index (χ1v) is 8.73. The predicted molar refractivity (Wildman–Crippen MR) is 89.1 cm³/mol. The van der Waals surface area contributed by atoms with Crippen molar-refractivity contribution in [2.24, 2.45) is 11.8 Å². The van der Waals surface area contributed by atoms with Crippen molar-refractivity contribution in [3.05, 3.63) is 35.4 Å². The average Bonchev–Trinajstić information content (AvgIpc) is 3.33. The van der Waals surface area contributed by atoms with Crippen LogP contribution >= 0.6 is 0 Å². The largest absolute Gasteiger partial charge is 0.312 e. The van der Waals surface area contributed by atoms with E-state index < -0.39 is 0 Å². The molecule has 116 valence electrons. The van der Waals surface area contributed by atoms with Crippen molar-refractivity contribution in [3.63, 3.8) is 0 Å². The Bertz CT molecular complexity index is 429. The van der Waals surface area contributed by atoms with E-state index in [0.717, 1.165) is 37.5 Å². The summed E-state index contributed by atoms with van der Waals surface area (Å²) in [5.41, 5.74) is 2.88. The summed E-state index contributed by atoms with van der Waals surface area (Å²) in [6.07, 6.45) is 5.77. The molecule has 0 aromatic heterocycles. The molecule has 2 nitrogen and oxygen atoms in total. The molecule has 0 heterocycles. The molecule has 2 saturated carbocycles. The molecule has 2 aliphatic rings. The molecule has 0 atom stereocenters. The van der Waals surface area contributed by atoms with Gasteiger partial charge in [0.05, 0.1) is 0 Å². The van der Waals surface area contributed by atoms with Crippen LogP contribution in [0.2, 0.25) is 0 Å². The maximum Gasteiger partial charge on any atom is 0.0236 e. The Hall–Kier alpha value is -0.860. The third-order valence-electron chi connectivity index (χ3n) is 4.54. The summed E-state index contributed by atoms with van der Waals surface area (Å²) < 4.78 is 0. The number of nitrogens with one attached hydrogen (secondary N) is 1. The summed E-state index contributed by atoms with van der Waals surface area (Å²) in [4.78, 5) is 2.73. The molecule has 0 spiro atoms. The molecule has 0 aliphatic heterocycles. The lowest BCUT2D eigenvalue weighted by Gasteiger charge is -2.22. The van der Waals surface area contributed by atoms with Gasteiger partial charge in [-0.15, -0.1) is 0 Å². The van der Waals surface area contributed by atoms with Crippen molar-refractivity contribution in [3.8, 4) is 0 Å². The van der Waals surface area contributed by atoms with Crippen LogP contribution in [0.25, 0.3) is 0 Å². The van der Waals surface area contributed by atoms with Crippen LogP contribution in [0.3, 0.4) is 0 Å². The molecule has 0 unspecified atom stereocenters. The highest BCUT2D eigenvalue weighted by molar-refractivity contribution is 5.22. The maximum absolute atomic E-state index is 3.51. The molecule has 1 aromatic rings. The Labute approximate surface area is 129 Å². The van der Waals surface area contributed by atoms with Crippen molar-refractivity contribution >= 4 is 0 Å². The molecule has 0 saturated heterocycles. The van der Waals surface area contributed by atoms with Gasteiger partial charge < -0.3 is 5.32 Å². The summed E-state index contributed by atoms with van der Waals surface area (Å²) in [5.74, 6) is 1.73. The second-order valence-corrected chi connectivity index (χ2v) is 7.45. The Morgan fingerprint density at radius 2 is 1.71 bits per heavy atom. The van der Waals surface area contributed by atoms with Gasteiger partial charge in [0.2, 0.25) is 0 Å². The van der Waals surface area contributed by atoms with Crippen LogP contribution in [0.5, 0.6) is 0 Å². The van der Waals surface area contributed by atoms with Gasteiger partial charge in [-0.2, -0.15) is 0 Å². The molecular formula is C19H30N2. The highest BCUT2D eigenvalue weighted by atomic mass is 15.2. The van der Waals surface area contributed by atoms with Crippen molar-refractivity contribution in [2.75, 3.05) is 13.1 Å². The van der Waals surface area contributed by atoms with Crippen LogP contribution in [-0.4, -0.2) is 24.0 Å². The van der Waals surface area contributed by atoms with Gasteiger partial charge in [0.1, 0.15) is 0 Å². The lowest BCUT2D eigenvalue weighted by molar-refractivity contribution is 0.244. The molecule has 0 bridgehead atoms. The van der Waals surface area contributed by atoms with E-state index in [0.29, 0.717) is 0 Å². The topological polar surface area (TPSA) is 15.3 Å². The van der Waals surface area contributed by atoms with E-state index in [1.54, 1.807) is 0 Å². The Kier molecular flexibility index (Phi) is 4.97. The van der Waals surface area contributed by atoms with Gasteiger partial charge in [-0.3, -0.25) is 4.90 Å². The molecule has 21 heavy (non-hydrogen) atoms. The molecule has 3 rings (SSSR count). The van der Waals surface area contributed by atoms with Gasteiger partial charge in [0.25, 0.3) is 0 Å². The molecule has 2 aliphatic carbocycles. The van der Waals surface area contributed by atoms with E-state index in [1.165, 1.54) is 43.4 Å². The zero-order valence-corrected chi connectivity index (χ0v) is 13.6. The normalized spacial score (nSPS) is 18.7. The van der Waals surface area contributed by atoms with Crippen molar-refractivity contribution in [2.45, 2.75) is 58.7 Å². The quantitative estimate of drug-likeness (QED) is 0.742. The summed E-state index contributed by atoms with van der Waals surface area (Å²) in [6.45, 7) is 9.08. The summed E-state index contributed by atoms with van der Waals surface area (Å²) in [7, 11) is 0. The van der Waals surface area contributed by atoms with Gasteiger partial charge in [0.15, 0.2) is 0 Å². The molecule has 2 heteroatoms. The number of benzene rings is 1. The molecule has 0 amide bonds. The van der Waals surface area contributed by atoms with Gasteiger partial charge >= 0.3 is 0 Å². The zero-order chi connectivity index (χ0) is 14.7. The standard InChI is InChI=1S/C19H30N2/c1-15(2)11-20-12-16-3-5-17(6-4-16)13-21(19-9-10-19)14-18-7-8-18/h3-6,15,18-20H,7-14H2,1-2H3. The van der Waals surface area contributed by atoms with E-state index in [4.69, 9.17) is 0 Å². The second-order valence-electron chi connectivity index (χ2n) is 7.45. The maximum atomic E-state index is 3.51. The minimum Gasteiger partial charge on any atom is -0.312 e. The van der Waals surface area contributed by atoms with Crippen LogP contribution in [0.15, 0.2) is 24.3 Å². The van der Waals surface area contributed by atoms with E-state index in [2.05, 4.69) is 48.3 Å². The highest BCUT2D eigenvalue weighted by Crippen LogP contribution is 2.35. The molecule has 0 radical (unpaired) electrons. The average molecular weight is 286 g/mol. The Morgan fingerprint density at radius 1 is 1.05 bits per heavy atom. The summed E-state index contributed by atoms with van der Waals surface area (Å²) in [6, 6.07) is 10.1. The molecular weight excluding hydrogens is 256 g/mol. The number of hydrogen-bond donors (Lipinski definition) is 1. The minimum absolute atomic E-state index is 0.721. The number of nitrogens with zero attached hydrogens (tertiary/aromatic N) is 1. The Morgan fingerprint density at radius 3 is 2.29 bits per heavy atom. The van der Waals surface area contributed by atoms with Crippen LogP contribution in [0, 0.1) is 11.8 Å². The SMILES string of the molecule is CC(C)CNCc1ccc(CN(CC2CC2)C2CC2)cc1. The van der Waals surface area contributed by atoms with Crippen LogP contribution in [0.4, 0.5) is 0 Å². The molecule has 1 N–H and O–H groups in total. The summed E-state index contributed by atoms with van der Waals surface area (Å²) >= 11 is 0.